The molecular weight excluding hydrogens is 568 g/mol. The number of rotatable bonds is 6. The lowest BCUT2D eigenvalue weighted by Gasteiger charge is -2.34. The van der Waals surface area contributed by atoms with Gasteiger partial charge in [0, 0.05) is 57.2 Å². The first-order chi connectivity index (χ1) is 19.2. The number of aliphatic carboxylic acids is 2. The summed E-state index contributed by atoms with van der Waals surface area (Å²) in [6, 6.07) is 6.32. The maximum atomic E-state index is 12.1. The van der Waals surface area contributed by atoms with E-state index in [9.17, 15) is 31.1 Å². The minimum absolute atomic E-state index is 0.202. The summed E-state index contributed by atoms with van der Waals surface area (Å²) in [5.74, 6) is -5.72. The molecule has 12 nitrogen and oxygen atoms in total. The number of hydrogen-bond donors (Lipinski definition) is 3. The van der Waals surface area contributed by atoms with Crippen molar-refractivity contribution >= 4 is 17.8 Å². The average molecular weight is 591 g/mol. The van der Waals surface area contributed by atoms with E-state index in [1.54, 1.807) is 12.4 Å². The van der Waals surface area contributed by atoms with E-state index in [0.29, 0.717) is 12.2 Å². The summed E-state index contributed by atoms with van der Waals surface area (Å²) in [5, 5.41) is 21.7. The number of nitrogens with one attached hydrogen (secondary N) is 1. The highest BCUT2D eigenvalue weighted by Crippen LogP contribution is 2.24. The van der Waals surface area contributed by atoms with Crippen LogP contribution in [0, 0.1) is 0 Å². The summed E-state index contributed by atoms with van der Waals surface area (Å²) in [4.78, 5) is 44.5. The molecule has 4 rings (SSSR count). The van der Waals surface area contributed by atoms with Crippen LogP contribution in [0.5, 0.6) is 0 Å². The molecule has 1 aliphatic rings. The normalized spacial score (nSPS) is 14.8. The summed E-state index contributed by atoms with van der Waals surface area (Å²) < 4.78 is 65.5. The number of carbonyl (C=O) groups excluding carboxylic acids is 1. The van der Waals surface area contributed by atoms with Gasteiger partial charge in [0.1, 0.15) is 5.69 Å². The van der Waals surface area contributed by atoms with Crippen molar-refractivity contribution in [2.75, 3.05) is 13.1 Å². The third-order valence-electron chi connectivity index (χ3n) is 5.13. The first kappa shape index (κ1) is 32.6. The number of fused-ring (bicyclic) bond motifs is 1. The predicted octanol–water partition coefficient (Wildman–Crippen LogP) is 2.71. The molecule has 1 aliphatic heterocycles. The van der Waals surface area contributed by atoms with E-state index in [1.165, 1.54) is 23.7 Å². The number of hydrogen-bond acceptors (Lipinski definition) is 8. The van der Waals surface area contributed by atoms with Crippen LogP contribution in [-0.2, 0) is 22.7 Å². The van der Waals surface area contributed by atoms with Crippen LogP contribution in [0.25, 0.3) is 0 Å². The Labute approximate surface area is 227 Å². The van der Waals surface area contributed by atoms with Crippen LogP contribution in [0.3, 0.4) is 0 Å². The number of carboxylic acid groups (broad SMARTS) is 2. The van der Waals surface area contributed by atoms with Crippen LogP contribution in [0.4, 0.5) is 26.3 Å². The number of alkyl halides is 6. The van der Waals surface area contributed by atoms with Crippen LogP contribution in [0.15, 0.2) is 55.4 Å². The number of amides is 1. The molecule has 41 heavy (non-hydrogen) atoms. The van der Waals surface area contributed by atoms with Gasteiger partial charge in [-0.1, -0.05) is 6.07 Å². The molecule has 18 heteroatoms. The molecule has 0 aliphatic carbocycles. The molecule has 1 unspecified atom stereocenters. The maximum absolute atomic E-state index is 12.1. The second-order valence-electron chi connectivity index (χ2n) is 8.19. The summed E-state index contributed by atoms with van der Waals surface area (Å²) in [5.41, 5.74) is 2.72. The molecule has 3 aromatic heterocycles. The summed E-state index contributed by atoms with van der Waals surface area (Å²) in [7, 11) is 0. The zero-order chi connectivity index (χ0) is 30.6. The van der Waals surface area contributed by atoms with E-state index < -0.39 is 24.3 Å². The number of carbonyl (C=O) groups is 3. The van der Waals surface area contributed by atoms with Gasteiger partial charge in [-0.25, -0.2) is 14.6 Å². The largest absolute Gasteiger partial charge is 0.490 e. The fourth-order valence-electron chi connectivity index (χ4n) is 3.41. The molecule has 1 amide bonds. The van der Waals surface area contributed by atoms with Gasteiger partial charge in [-0.05, 0) is 24.1 Å². The number of nitrogens with zero attached hydrogens (tertiary/aromatic N) is 6. The molecule has 1 atom stereocenters. The van der Waals surface area contributed by atoms with Gasteiger partial charge in [0.25, 0.3) is 5.91 Å². The summed E-state index contributed by atoms with van der Waals surface area (Å²) >= 11 is 0. The molecule has 0 spiro atoms. The van der Waals surface area contributed by atoms with E-state index in [4.69, 9.17) is 19.8 Å². The summed E-state index contributed by atoms with van der Waals surface area (Å²) in [6.07, 6.45) is 0.701. The molecule has 4 heterocycles. The lowest BCUT2D eigenvalue weighted by atomic mass is 10.1. The zero-order valence-corrected chi connectivity index (χ0v) is 20.9. The van der Waals surface area contributed by atoms with Gasteiger partial charge in [0.05, 0.1) is 17.9 Å². The van der Waals surface area contributed by atoms with Crippen molar-refractivity contribution in [2.45, 2.75) is 37.9 Å². The molecule has 0 saturated heterocycles. The quantitative estimate of drug-likeness (QED) is 0.363. The smallest absolute Gasteiger partial charge is 0.475 e. The third-order valence-corrected chi connectivity index (χ3v) is 5.13. The molecule has 0 aromatic carbocycles. The van der Waals surface area contributed by atoms with Crippen LogP contribution in [0.1, 0.15) is 34.2 Å². The highest BCUT2D eigenvalue weighted by molar-refractivity contribution is 5.91. The first-order valence-electron chi connectivity index (χ1n) is 11.5. The van der Waals surface area contributed by atoms with Gasteiger partial charge < -0.3 is 15.5 Å². The lowest BCUT2D eigenvalue weighted by molar-refractivity contribution is -0.193. The van der Waals surface area contributed by atoms with E-state index in [0.717, 1.165) is 26.1 Å². The van der Waals surface area contributed by atoms with Gasteiger partial charge in [-0.15, -0.1) is 0 Å². The summed E-state index contributed by atoms with van der Waals surface area (Å²) in [6.45, 7) is 3.14. The van der Waals surface area contributed by atoms with E-state index in [2.05, 4.69) is 47.1 Å². The number of halogens is 6. The van der Waals surface area contributed by atoms with Crippen molar-refractivity contribution in [3.05, 3.63) is 72.3 Å². The van der Waals surface area contributed by atoms with Crippen molar-refractivity contribution in [3.8, 4) is 0 Å². The molecule has 0 fully saturated rings. The van der Waals surface area contributed by atoms with Crippen molar-refractivity contribution < 1.29 is 50.9 Å². The molecule has 0 bridgehead atoms. The molecule has 222 valence electrons. The van der Waals surface area contributed by atoms with Crippen LogP contribution < -0.4 is 5.32 Å². The van der Waals surface area contributed by atoms with Crippen molar-refractivity contribution in [1.82, 2.24) is 34.9 Å². The van der Waals surface area contributed by atoms with E-state index >= 15 is 0 Å². The van der Waals surface area contributed by atoms with E-state index in [1.807, 2.05) is 18.5 Å². The van der Waals surface area contributed by atoms with Crippen molar-refractivity contribution in [3.63, 3.8) is 0 Å². The minimum atomic E-state index is -5.08. The average Bonchev–Trinajstić information content (AvgIpc) is 3.38. The minimum Gasteiger partial charge on any atom is -0.475 e. The van der Waals surface area contributed by atoms with Gasteiger partial charge >= 0.3 is 24.3 Å². The standard InChI is InChI=1S/C19H21N7O.2C2HF3O2/c27-19(18-11-21-8-9-22-18)23-6-3-16-13-25(12-15-2-1-5-20-10-15)14-17-4-7-24-26(16)17;2*3-2(4,5)1(6)7/h1-2,4-5,7-11,16H,3,6,12-14H2,(H,23,27);2*(H,6,7). The second kappa shape index (κ2) is 14.7. The lowest BCUT2D eigenvalue weighted by Crippen LogP contribution is -2.39. The molecular formula is C23H23F6N7O5. The highest BCUT2D eigenvalue weighted by atomic mass is 19.4. The van der Waals surface area contributed by atoms with Gasteiger partial charge in [0.15, 0.2) is 0 Å². The third kappa shape index (κ3) is 11.2. The highest BCUT2D eigenvalue weighted by Gasteiger charge is 2.38. The van der Waals surface area contributed by atoms with E-state index in [-0.39, 0.29) is 11.9 Å². The topological polar surface area (TPSA) is 163 Å². The van der Waals surface area contributed by atoms with Crippen LogP contribution in [0.2, 0.25) is 0 Å². The zero-order valence-electron chi connectivity index (χ0n) is 20.9. The Morgan fingerprint density at radius 1 is 0.927 bits per heavy atom. The SMILES string of the molecule is O=C(NCCC1CN(Cc2cccnc2)Cc2ccnn21)c1cnccn1.O=C(O)C(F)(F)F.O=C(O)C(F)(F)F. The van der Waals surface area contributed by atoms with Crippen LogP contribution in [-0.4, -0.2) is 83.1 Å². The first-order valence-corrected chi connectivity index (χ1v) is 11.5. The van der Waals surface area contributed by atoms with Gasteiger partial charge in [-0.2, -0.15) is 31.4 Å². The Hall–Kier alpha value is -4.61. The molecule has 0 saturated carbocycles. The monoisotopic (exact) mass is 591 g/mol. The van der Waals surface area contributed by atoms with Crippen molar-refractivity contribution in [1.29, 1.82) is 0 Å². The number of pyridine rings is 1. The Balaban J connectivity index is 0.000000349. The molecule has 3 aromatic rings. The Morgan fingerprint density at radius 3 is 2.10 bits per heavy atom. The van der Waals surface area contributed by atoms with Crippen molar-refractivity contribution in [2.24, 2.45) is 0 Å². The fourth-order valence-corrected chi connectivity index (χ4v) is 3.41. The number of aromatic nitrogens is 5. The Kier molecular flexibility index (Phi) is 11.7. The predicted molar refractivity (Wildman–Crippen MR) is 126 cm³/mol. The Morgan fingerprint density at radius 2 is 1.56 bits per heavy atom. The van der Waals surface area contributed by atoms with Gasteiger partial charge in [0.2, 0.25) is 0 Å². The number of carboxylic acids is 2. The second-order valence-corrected chi connectivity index (χ2v) is 8.19. The molecule has 3 N–H and O–H groups in total. The fraction of sp³-hybridized carbons (Fsp3) is 0.348. The van der Waals surface area contributed by atoms with Gasteiger partial charge in [-0.3, -0.25) is 24.3 Å². The molecule has 0 radical (unpaired) electrons. The maximum Gasteiger partial charge on any atom is 0.490 e. The Bertz CT molecular complexity index is 1250. The van der Waals surface area contributed by atoms with Crippen LogP contribution >= 0.6 is 0 Å².